The number of nitrogens with zero attached hydrogens (tertiary/aromatic N) is 6. The van der Waals surface area contributed by atoms with Crippen molar-refractivity contribution in [2.45, 2.75) is 31.9 Å². The van der Waals surface area contributed by atoms with Crippen molar-refractivity contribution in [2.24, 2.45) is 5.92 Å². The summed E-state index contributed by atoms with van der Waals surface area (Å²) >= 11 is 0. The second-order valence-corrected chi connectivity index (χ2v) is 7.90. The molecule has 4 rings (SSSR count). The number of nitrogens with one attached hydrogen (secondary N) is 1. The molecule has 2 aliphatic rings. The summed E-state index contributed by atoms with van der Waals surface area (Å²) in [5.74, 6) is 0.891. The first-order valence-corrected chi connectivity index (χ1v) is 10.1. The van der Waals surface area contributed by atoms with Crippen LogP contribution in [-0.4, -0.2) is 76.8 Å². The first kappa shape index (κ1) is 20.1. The number of carbonyl (C=O) groups excluding carboxylic acids is 2. The minimum atomic E-state index is -0.455. The van der Waals surface area contributed by atoms with Gasteiger partial charge >= 0.3 is 6.09 Å². The van der Waals surface area contributed by atoms with Crippen molar-refractivity contribution in [3.05, 3.63) is 18.6 Å². The van der Waals surface area contributed by atoms with E-state index in [1.165, 1.54) is 10.9 Å². The highest BCUT2D eigenvalue weighted by Crippen LogP contribution is 2.29. The molecule has 2 saturated heterocycles. The van der Waals surface area contributed by atoms with E-state index in [1.807, 2.05) is 24.1 Å². The number of piperidine rings is 1. The topological polar surface area (TPSA) is 116 Å². The van der Waals surface area contributed by atoms with Crippen LogP contribution in [0.5, 0.6) is 0 Å². The van der Waals surface area contributed by atoms with Gasteiger partial charge in [0, 0.05) is 39.4 Å². The second-order valence-electron chi connectivity index (χ2n) is 7.90. The number of rotatable bonds is 4. The Morgan fingerprint density at radius 1 is 1.40 bits per heavy atom. The largest absolute Gasteiger partial charge is 0.443 e. The molecule has 0 aliphatic carbocycles. The Hall–Kier alpha value is -3.19. The van der Waals surface area contributed by atoms with Crippen LogP contribution in [0.1, 0.15) is 19.8 Å². The summed E-state index contributed by atoms with van der Waals surface area (Å²) in [6.45, 7) is 4.66. The van der Waals surface area contributed by atoms with Crippen molar-refractivity contribution in [1.82, 2.24) is 24.8 Å². The molecule has 2 aliphatic heterocycles. The number of hydrogen-bond donors (Lipinski definition) is 1. The van der Waals surface area contributed by atoms with Gasteiger partial charge in [0.1, 0.15) is 24.7 Å². The van der Waals surface area contributed by atoms with Crippen LogP contribution in [0.2, 0.25) is 0 Å². The molecule has 0 spiro atoms. The Kier molecular flexibility index (Phi) is 5.55. The summed E-state index contributed by atoms with van der Waals surface area (Å²) in [5, 5.41) is 12.7. The van der Waals surface area contributed by atoms with E-state index in [1.54, 1.807) is 11.1 Å². The molecule has 0 saturated carbocycles. The molecule has 2 aromatic heterocycles. The summed E-state index contributed by atoms with van der Waals surface area (Å²) in [6, 6.07) is 3.79. The lowest BCUT2D eigenvalue weighted by molar-refractivity contribution is -0.131. The van der Waals surface area contributed by atoms with E-state index < -0.39 is 6.09 Å². The summed E-state index contributed by atoms with van der Waals surface area (Å²) in [6.07, 6.45) is 3.27. The lowest BCUT2D eigenvalue weighted by atomic mass is 9.92. The summed E-state index contributed by atoms with van der Waals surface area (Å²) in [5.41, 5.74) is 0.491. The molecule has 10 heteroatoms. The zero-order valence-electron chi connectivity index (χ0n) is 17.1. The Labute approximate surface area is 174 Å². The SMILES string of the molecule is C[C@@H]1CCN(C(=O)CC#N)C[C@@H]1N(C)c1ncnc2c1ccn2C(=O)OC1CNC1. The van der Waals surface area contributed by atoms with Gasteiger partial charge in [0.2, 0.25) is 5.91 Å². The van der Waals surface area contributed by atoms with Gasteiger partial charge in [0.25, 0.3) is 0 Å². The zero-order valence-corrected chi connectivity index (χ0v) is 17.1. The first-order valence-electron chi connectivity index (χ1n) is 10.1. The highest BCUT2D eigenvalue weighted by molar-refractivity contribution is 5.93. The van der Waals surface area contributed by atoms with Crippen molar-refractivity contribution >= 4 is 28.9 Å². The molecule has 10 nitrogen and oxygen atoms in total. The molecular weight excluding hydrogens is 386 g/mol. The lowest BCUT2D eigenvalue weighted by Gasteiger charge is -2.42. The summed E-state index contributed by atoms with van der Waals surface area (Å²) in [4.78, 5) is 37.3. The third kappa shape index (κ3) is 3.68. The normalized spacial score (nSPS) is 21.7. The number of aromatic nitrogens is 3. The van der Waals surface area contributed by atoms with Gasteiger partial charge in [-0.1, -0.05) is 6.92 Å². The summed E-state index contributed by atoms with van der Waals surface area (Å²) in [7, 11) is 1.94. The smallest absolute Gasteiger partial charge is 0.420 e. The maximum atomic E-state index is 12.5. The predicted octanol–water partition coefficient (Wildman–Crippen LogP) is 0.975. The number of anilines is 1. The number of hydrogen-bond acceptors (Lipinski definition) is 8. The van der Waals surface area contributed by atoms with Gasteiger partial charge in [0.05, 0.1) is 17.5 Å². The number of carbonyl (C=O) groups is 2. The maximum absolute atomic E-state index is 12.5. The van der Waals surface area contributed by atoms with E-state index in [0.717, 1.165) is 11.8 Å². The molecular formula is C20H25N7O3. The quantitative estimate of drug-likeness (QED) is 0.791. The number of likely N-dealkylation sites (N-methyl/N-ethyl adjacent to an activating group) is 1. The number of nitriles is 1. The standard InChI is InChI=1S/C20H25N7O3/c1-13-4-7-26(17(28)3-6-21)11-16(13)25(2)18-15-5-8-27(19(15)24-12-23-18)20(29)30-14-9-22-10-14/h5,8,12-14,16,22H,3-4,7,9-11H2,1-2H3/t13-,16+/m1/s1. The monoisotopic (exact) mass is 411 g/mol. The highest BCUT2D eigenvalue weighted by atomic mass is 16.6. The van der Waals surface area contributed by atoms with Gasteiger partial charge in [-0.3, -0.25) is 4.79 Å². The first-order chi connectivity index (χ1) is 14.5. The van der Waals surface area contributed by atoms with Gasteiger partial charge in [-0.05, 0) is 18.4 Å². The minimum Gasteiger partial charge on any atom is -0.443 e. The van der Waals surface area contributed by atoms with Crippen molar-refractivity contribution in [3.63, 3.8) is 0 Å². The van der Waals surface area contributed by atoms with E-state index in [2.05, 4.69) is 22.2 Å². The molecule has 0 aromatic carbocycles. The van der Waals surface area contributed by atoms with Gasteiger partial charge in [0.15, 0.2) is 5.65 Å². The molecule has 0 radical (unpaired) electrons. The number of likely N-dealkylation sites (tertiary alicyclic amines) is 1. The van der Waals surface area contributed by atoms with Crippen molar-refractivity contribution in [3.8, 4) is 6.07 Å². The second kappa shape index (κ2) is 8.28. The zero-order chi connectivity index (χ0) is 21.3. The third-order valence-electron chi connectivity index (χ3n) is 6.00. The van der Waals surface area contributed by atoms with Gasteiger partial charge < -0.3 is 19.9 Å². The molecule has 2 aromatic rings. The minimum absolute atomic E-state index is 0.0378. The molecule has 30 heavy (non-hydrogen) atoms. The average Bonchev–Trinajstić information content (AvgIpc) is 3.15. The fourth-order valence-electron chi connectivity index (χ4n) is 4.03. The van der Waals surface area contributed by atoms with Crippen molar-refractivity contribution in [1.29, 1.82) is 5.26 Å². The Morgan fingerprint density at radius 2 is 2.20 bits per heavy atom. The van der Waals surface area contributed by atoms with Crippen LogP contribution in [-0.2, 0) is 9.53 Å². The molecule has 2 fully saturated rings. The fourth-order valence-corrected chi connectivity index (χ4v) is 4.03. The van der Waals surface area contributed by atoms with Crippen molar-refractivity contribution < 1.29 is 14.3 Å². The van der Waals surface area contributed by atoms with Crippen LogP contribution in [0, 0.1) is 17.2 Å². The van der Waals surface area contributed by atoms with Gasteiger partial charge in [-0.25, -0.2) is 19.3 Å². The van der Waals surface area contributed by atoms with Crippen molar-refractivity contribution in [2.75, 3.05) is 38.1 Å². The Bertz CT molecular complexity index is 994. The maximum Gasteiger partial charge on any atom is 0.420 e. The van der Waals surface area contributed by atoms with E-state index >= 15 is 0 Å². The number of fused-ring (bicyclic) bond motifs is 1. The average molecular weight is 411 g/mol. The number of amides is 1. The lowest BCUT2D eigenvalue weighted by Crippen LogP contribution is -2.52. The van der Waals surface area contributed by atoms with Crippen LogP contribution in [0.4, 0.5) is 10.6 Å². The van der Waals surface area contributed by atoms with Gasteiger partial charge in [-0.15, -0.1) is 0 Å². The Morgan fingerprint density at radius 3 is 2.90 bits per heavy atom. The molecule has 2 atom stereocenters. The van der Waals surface area contributed by atoms with Crippen LogP contribution >= 0.6 is 0 Å². The molecule has 4 heterocycles. The number of ether oxygens (including phenoxy) is 1. The summed E-state index contributed by atoms with van der Waals surface area (Å²) < 4.78 is 6.86. The van der Waals surface area contributed by atoms with E-state index in [4.69, 9.17) is 10.00 Å². The molecule has 0 unspecified atom stereocenters. The van der Waals surface area contributed by atoms with E-state index in [-0.39, 0.29) is 24.5 Å². The third-order valence-corrected chi connectivity index (χ3v) is 6.00. The highest BCUT2D eigenvalue weighted by Gasteiger charge is 2.33. The van der Waals surface area contributed by atoms with E-state index in [9.17, 15) is 9.59 Å². The Balaban J connectivity index is 1.58. The van der Waals surface area contributed by atoms with Crippen LogP contribution in [0.25, 0.3) is 11.0 Å². The molecule has 1 N–H and O–H groups in total. The van der Waals surface area contributed by atoms with Gasteiger partial charge in [-0.2, -0.15) is 5.26 Å². The van der Waals surface area contributed by atoms with Crippen LogP contribution < -0.4 is 10.2 Å². The predicted molar refractivity (Wildman–Crippen MR) is 109 cm³/mol. The fraction of sp³-hybridized carbons (Fsp3) is 0.550. The molecule has 0 bridgehead atoms. The van der Waals surface area contributed by atoms with Crippen LogP contribution in [0.3, 0.4) is 0 Å². The molecule has 158 valence electrons. The van der Waals surface area contributed by atoms with E-state index in [0.29, 0.717) is 43.6 Å². The van der Waals surface area contributed by atoms with Crippen LogP contribution in [0.15, 0.2) is 18.6 Å². The molecule has 1 amide bonds.